The van der Waals surface area contributed by atoms with Crippen LogP contribution in [0.25, 0.3) is 0 Å². The quantitative estimate of drug-likeness (QED) is 0.784. The van der Waals surface area contributed by atoms with Gasteiger partial charge in [-0.25, -0.2) is 17.8 Å². The first-order valence-electron chi connectivity index (χ1n) is 7.19. The minimum absolute atomic E-state index is 0.116. The minimum atomic E-state index is -3.94. The smallest absolute Gasteiger partial charge is 0.267 e. The van der Waals surface area contributed by atoms with Crippen LogP contribution < -0.4 is 15.6 Å². The normalized spacial score (nSPS) is 12.2. The van der Waals surface area contributed by atoms with Crippen molar-refractivity contribution in [1.29, 1.82) is 0 Å². The van der Waals surface area contributed by atoms with Crippen LogP contribution in [0.4, 0.5) is 5.69 Å². The highest BCUT2D eigenvalue weighted by Crippen LogP contribution is 2.15. The zero-order valence-corrected chi connectivity index (χ0v) is 14.3. The highest BCUT2D eigenvalue weighted by atomic mass is 32.2. The van der Waals surface area contributed by atoms with Gasteiger partial charge in [0.15, 0.2) is 0 Å². The average molecular weight is 364 g/mol. The number of carbonyl (C=O) groups is 2. The van der Waals surface area contributed by atoms with Crippen molar-refractivity contribution in [3.8, 4) is 0 Å². The van der Waals surface area contributed by atoms with Gasteiger partial charge >= 0.3 is 0 Å². The molecule has 2 aromatic rings. The van der Waals surface area contributed by atoms with Crippen molar-refractivity contribution in [3.05, 3.63) is 52.9 Å². The van der Waals surface area contributed by atoms with Gasteiger partial charge in [-0.1, -0.05) is 0 Å². The van der Waals surface area contributed by atoms with Crippen molar-refractivity contribution < 1.29 is 18.0 Å². The predicted molar refractivity (Wildman–Crippen MR) is 89.3 cm³/mol. The standard InChI is InChI=1S/C15H16N4O5S/c1-10(19-14(21)4-3-9-16-19)15(22)17-12-5-7-13(8-6-12)25(23,24)18-11(2)20/h3-10H,1-2H3,(H,17,22)(H,18,20). The Morgan fingerprint density at radius 2 is 1.80 bits per heavy atom. The van der Waals surface area contributed by atoms with Crippen LogP contribution in [0.15, 0.2) is 52.3 Å². The van der Waals surface area contributed by atoms with Crippen LogP contribution in [-0.2, 0) is 19.6 Å². The summed E-state index contributed by atoms with van der Waals surface area (Å²) in [4.78, 5) is 34.7. The van der Waals surface area contributed by atoms with Gasteiger partial charge in [0.05, 0.1) is 4.90 Å². The van der Waals surface area contributed by atoms with E-state index in [1.54, 1.807) is 0 Å². The molecule has 0 aliphatic carbocycles. The number of anilines is 1. The molecule has 0 aliphatic rings. The van der Waals surface area contributed by atoms with Crippen molar-refractivity contribution in [2.45, 2.75) is 24.8 Å². The number of sulfonamides is 1. The van der Waals surface area contributed by atoms with Crippen LogP contribution in [0.1, 0.15) is 19.9 Å². The third-order valence-corrected chi connectivity index (χ3v) is 4.65. The van der Waals surface area contributed by atoms with E-state index in [1.165, 1.54) is 49.5 Å². The van der Waals surface area contributed by atoms with Crippen LogP contribution in [0.3, 0.4) is 0 Å². The van der Waals surface area contributed by atoms with Gasteiger partial charge in [-0.15, -0.1) is 0 Å². The van der Waals surface area contributed by atoms with E-state index in [4.69, 9.17) is 0 Å². The molecule has 2 amide bonds. The molecule has 0 radical (unpaired) electrons. The van der Waals surface area contributed by atoms with Gasteiger partial charge < -0.3 is 5.32 Å². The van der Waals surface area contributed by atoms with Gasteiger partial charge in [0.25, 0.3) is 15.6 Å². The lowest BCUT2D eigenvalue weighted by molar-refractivity contribution is -0.119. The Labute approximate surface area is 143 Å². The third kappa shape index (κ3) is 4.51. The third-order valence-electron chi connectivity index (χ3n) is 3.20. The number of rotatable bonds is 5. The molecule has 25 heavy (non-hydrogen) atoms. The molecule has 0 saturated heterocycles. The van der Waals surface area contributed by atoms with Gasteiger partial charge in [0.2, 0.25) is 11.8 Å². The first-order valence-corrected chi connectivity index (χ1v) is 8.67. The van der Waals surface area contributed by atoms with Gasteiger partial charge in [-0.05, 0) is 37.3 Å². The van der Waals surface area contributed by atoms with Crippen LogP contribution in [-0.4, -0.2) is 30.0 Å². The van der Waals surface area contributed by atoms with Crippen molar-refractivity contribution >= 4 is 27.5 Å². The number of hydrogen-bond acceptors (Lipinski definition) is 6. The van der Waals surface area contributed by atoms with Crippen molar-refractivity contribution in [2.24, 2.45) is 0 Å². The van der Waals surface area contributed by atoms with E-state index in [9.17, 15) is 22.8 Å². The Morgan fingerprint density at radius 3 is 2.36 bits per heavy atom. The molecule has 0 saturated carbocycles. The number of carbonyl (C=O) groups excluding carboxylic acids is 2. The SMILES string of the molecule is CC(=O)NS(=O)(=O)c1ccc(NC(=O)C(C)n2ncccc2=O)cc1. The Kier molecular flexibility index (Phi) is 5.32. The Hall–Kier alpha value is -3.01. The first kappa shape index (κ1) is 18.3. The van der Waals surface area contributed by atoms with Crippen LogP contribution in [0.2, 0.25) is 0 Å². The molecule has 1 heterocycles. The van der Waals surface area contributed by atoms with E-state index < -0.39 is 33.4 Å². The molecular formula is C15H16N4O5S. The van der Waals surface area contributed by atoms with Crippen LogP contribution in [0, 0.1) is 0 Å². The number of nitrogens with zero attached hydrogens (tertiary/aromatic N) is 2. The van der Waals surface area contributed by atoms with Crippen LogP contribution in [0.5, 0.6) is 0 Å². The summed E-state index contributed by atoms with van der Waals surface area (Å²) in [6, 6.07) is 7.16. The largest absolute Gasteiger partial charge is 0.324 e. The molecule has 1 atom stereocenters. The summed E-state index contributed by atoms with van der Waals surface area (Å²) in [5.41, 5.74) is -0.0792. The van der Waals surface area contributed by atoms with E-state index in [1.807, 2.05) is 4.72 Å². The van der Waals surface area contributed by atoms with E-state index in [-0.39, 0.29) is 4.90 Å². The number of nitrogens with one attached hydrogen (secondary N) is 2. The van der Waals surface area contributed by atoms with Crippen molar-refractivity contribution in [2.75, 3.05) is 5.32 Å². The van der Waals surface area contributed by atoms with Gasteiger partial charge in [-0.2, -0.15) is 5.10 Å². The van der Waals surface area contributed by atoms with Crippen LogP contribution >= 0.6 is 0 Å². The number of hydrogen-bond donors (Lipinski definition) is 2. The second-order valence-corrected chi connectivity index (χ2v) is 6.84. The molecule has 0 fully saturated rings. The molecule has 0 aliphatic heterocycles. The maximum absolute atomic E-state index is 12.2. The Balaban J connectivity index is 2.13. The van der Waals surface area contributed by atoms with Crippen molar-refractivity contribution in [1.82, 2.24) is 14.5 Å². The number of benzene rings is 1. The molecule has 9 nitrogen and oxygen atoms in total. The van der Waals surface area contributed by atoms with E-state index in [0.29, 0.717) is 5.69 Å². The number of amides is 2. The average Bonchev–Trinajstić information content (AvgIpc) is 2.54. The topological polar surface area (TPSA) is 127 Å². The lowest BCUT2D eigenvalue weighted by Gasteiger charge is -2.13. The van der Waals surface area contributed by atoms with Gasteiger partial charge in [0, 0.05) is 24.9 Å². The summed E-state index contributed by atoms with van der Waals surface area (Å²) in [5.74, 6) is -1.19. The van der Waals surface area contributed by atoms with Gasteiger partial charge in [-0.3, -0.25) is 14.4 Å². The van der Waals surface area contributed by atoms with Gasteiger partial charge in [0.1, 0.15) is 6.04 Å². The van der Waals surface area contributed by atoms with E-state index in [0.717, 1.165) is 11.6 Å². The fraction of sp³-hybridized carbons (Fsp3) is 0.200. The summed E-state index contributed by atoms with van der Waals surface area (Å²) in [7, 11) is -3.94. The minimum Gasteiger partial charge on any atom is -0.324 e. The second kappa shape index (κ2) is 7.26. The molecule has 2 N–H and O–H groups in total. The summed E-state index contributed by atoms with van der Waals surface area (Å²) >= 11 is 0. The monoisotopic (exact) mass is 364 g/mol. The number of aromatic nitrogens is 2. The summed E-state index contributed by atoms with van der Waals surface area (Å²) in [6.45, 7) is 2.60. The molecule has 2 rings (SSSR count). The fourth-order valence-corrected chi connectivity index (χ4v) is 2.97. The first-order chi connectivity index (χ1) is 11.7. The molecule has 132 valence electrons. The predicted octanol–water partition coefficient (Wildman–Crippen LogP) is 0.268. The highest BCUT2D eigenvalue weighted by molar-refractivity contribution is 7.90. The molecule has 1 aromatic heterocycles. The molecule has 1 unspecified atom stereocenters. The lowest BCUT2D eigenvalue weighted by Crippen LogP contribution is -2.32. The summed E-state index contributed by atoms with van der Waals surface area (Å²) in [6.07, 6.45) is 1.40. The zero-order chi connectivity index (χ0) is 18.6. The molecular weight excluding hydrogens is 348 g/mol. The van der Waals surface area contributed by atoms with Crippen molar-refractivity contribution in [3.63, 3.8) is 0 Å². The lowest BCUT2D eigenvalue weighted by atomic mass is 10.2. The maximum atomic E-state index is 12.2. The summed E-state index contributed by atoms with van der Waals surface area (Å²) in [5, 5.41) is 6.40. The highest BCUT2D eigenvalue weighted by Gasteiger charge is 2.18. The Bertz CT molecular complexity index is 950. The molecule has 0 spiro atoms. The zero-order valence-electron chi connectivity index (χ0n) is 13.5. The second-order valence-electron chi connectivity index (χ2n) is 5.16. The molecule has 1 aromatic carbocycles. The molecule has 10 heteroatoms. The molecule has 0 bridgehead atoms. The maximum Gasteiger partial charge on any atom is 0.267 e. The van der Waals surface area contributed by atoms with E-state index >= 15 is 0 Å². The van der Waals surface area contributed by atoms with E-state index in [2.05, 4.69) is 10.4 Å². The summed E-state index contributed by atoms with van der Waals surface area (Å²) < 4.78 is 26.6. The Morgan fingerprint density at radius 1 is 1.16 bits per heavy atom. The fourth-order valence-electron chi connectivity index (χ4n) is 1.98.